The first-order valence-corrected chi connectivity index (χ1v) is 4.64. The highest BCUT2D eigenvalue weighted by Gasteiger charge is 2.23. The SMILES string of the molecule is NCC(c1cnc2ccccn12)C(F)F. The van der Waals surface area contributed by atoms with Crippen molar-refractivity contribution in [3.8, 4) is 0 Å². The van der Waals surface area contributed by atoms with Gasteiger partial charge in [-0.25, -0.2) is 13.8 Å². The summed E-state index contributed by atoms with van der Waals surface area (Å²) in [5, 5.41) is 0. The summed E-state index contributed by atoms with van der Waals surface area (Å²) in [6, 6.07) is 5.35. The standard InChI is InChI=1S/C10H11F2N3/c11-10(12)7(5-13)8-6-14-9-3-1-2-4-15(8)9/h1-4,6-7,10H,5,13H2. The fraction of sp³-hybridized carbons (Fsp3) is 0.300. The molecular weight excluding hydrogens is 200 g/mol. The van der Waals surface area contributed by atoms with Gasteiger partial charge in [-0.3, -0.25) is 0 Å². The third-order valence-electron chi connectivity index (χ3n) is 2.38. The van der Waals surface area contributed by atoms with Crippen molar-refractivity contribution in [2.24, 2.45) is 5.73 Å². The maximum absolute atomic E-state index is 12.7. The monoisotopic (exact) mass is 211 g/mol. The van der Waals surface area contributed by atoms with Crippen LogP contribution in [0.2, 0.25) is 0 Å². The van der Waals surface area contributed by atoms with E-state index in [9.17, 15) is 8.78 Å². The predicted octanol–water partition coefficient (Wildman–Crippen LogP) is 1.64. The van der Waals surface area contributed by atoms with Gasteiger partial charge in [0.15, 0.2) is 0 Å². The molecule has 0 aliphatic carbocycles. The summed E-state index contributed by atoms with van der Waals surface area (Å²) in [7, 11) is 0. The number of pyridine rings is 1. The molecule has 1 unspecified atom stereocenters. The van der Waals surface area contributed by atoms with E-state index in [-0.39, 0.29) is 6.54 Å². The van der Waals surface area contributed by atoms with Crippen LogP contribution in [0, 0.1) is 0 Å². The van der Waals surface area contributed by atoms with Crippen molar-refractivity contribution in [1.82, 2.24) is 9.38 Å². The molecule has 0 bridgehead atoms. The van der Waals surface area contributed by atoms with Crippen LogP contribution in [0.3, 0.4) is 0 Å². The van der Waals surface area contributed by atoms with Gasteiger partial charge in [-0.05, 0) is 12.1 Å². The highest BCUT2D eigenvalue weighted by atomic mass is 19.3. The van der Waals surface area contributed by atoms with Crippen molar-refractivity contribution in [2.45, 2.75) is 12.3 Å². The number of halogens is 2. The second-order valence-electron chi connectivity index (χ2n) is 3.29. The maximum atomic E-state index is 12.7. The summed E-state index contributed by atoms with van der Waals surface area (Å²) in [5.41, 5.74) is 6.45. The third-order valence-corrected chi connectivity index (χ3v) is 2.38. The lowest BCUT2D eigenvalue weighted by atomic mass is 10.1. The quantitative estimate of drug-likeness (QED) is 0.838. The lowest BCUT2D eigenvalue weighted by Crippen LogP contribution is -2.21. The average Bonchev–Trinajstić information content (AvgIpc) is 2.63. The van der Waals surface area contributed by atoms with Gasteiger partial charge in [0.25, 0.3) is 0 Å². The number of hydrogen-bond donors (Lipinski definition) is 1. The zero-order chi connectivity index (χ0) is 10.8. The van der Waals surface area contributed by atoms with Crippen molar-refractivity contribution in [1.29, 1.82) is 0 Å². The Labute approximate surface area is 85.5 Å². The van der Waals surface area contributed by atoms with E-state index >= 15 is 0 Å². The molecular formula is C10H11F2N3. The summed E-state index contributed by atoms with van der Waals surface area (Å²) in [6.07, 6.45) is 0.706. The van der Waals surface area contributed by atoms with Gasteiger partial charge in [0.05, 0.1) is 11.6 Å². The minimum Gasteiger partial charge on any atom is -0.330 e. The molecule has 80 valence electrons. The Morgan fingerprint density at radius 2 is 2.20 bits per heavy atom. The largest absolute Gasteiger partial charge is 0.330 e. The van der Waals surface area contributed by atoms with Crippen LogP contribution in [0.4, 0.5) is 8.78 Å². The molecule has 2 N–H and O–H groups in total. The van der Waals surface area contributed by atoms with Crippen LogP contribution in [0.1, 0.15) is 11.6 Å². The maximum Gasteiger partial charge on any atom is 0.248 e. The van der Waals surface area contributed by atoms with E-state index in [1.807, 2.05) is 6.07 Å². The molecule has 2 aromatic heterocycles. The third kappa shape index (κ3) is 1.70. The van der Waals surface area contributed by atoms with E-state index < -0.39 is 12.3 Å². The smallest absolute Gasteiger partial charge is 0.248 e. The van der Waals surface area contributed by atoms with Gasteiger partial charge >= 0.3 is 0 Å². The first kappa shape index (κ1) is 10.0. The summed E-state index contributed by atoms with van der Waals surface area (Å²) in [4.78, 5) is 4.04. The lowest BCUT2D eigenvalue weighted by Gasteiger charge is -2.12. The molecule has 3 nitrogen and oxygen atoms in total. The molecule has 15 heavy (non-hydrogen) atoms. The van der Waals surface area contributed by atoms with E-state index in [1.165, 1.54) is 6.20 Å². The van der Waals surface area contributed by atoms with Gasteiger partial charge in [-0.2, -0.15) is 0 Å². The van der Waals surface area contributed by atoms with Gasteiger partial charge in [-0.1, -0.05) is 6.07 Å². The normalized spacial score (nSPS) is 13.6. The van der Waals surface area contributed by atoms with Crippen molar-refractivity contribution >= 4 is 5.65 Å². The van der Waals surface area contributed by atoms with Crippen molar-refractivity contribution in [2.75, 3.05) is 6.54 Å². The second-order valence-corrected chi connectivity index (χ2v) is 3.29. The van der Waals surface area contributed by atoms with E-state index in [0.29, 0.717) is 11.3 Å². The molecule has 2 rings (SSSR count). The van der Waals surface area contributed by atoms with Gasteiger partial charge in [0.1, 0.15) is 5.65 Å². The minimum atomic E-state index is -2.46. The number of imidazole rings is 1. The van der Waals surface area contributed by atoms with Crippen LogP contribution in [-0.4, -0.2) is 22.4 Å². The van der Waals surface area contributed by atoms with Gasteiger partial charge in [0, 0.05) is 18.9 Å². The number of aromatic nitrogens is 2. The van der Waals surface area contributed by atoms with Crippen LogP contribution in [0.5, 0.6) is 0 Å². The highest BCUT2D eigenvalue weighted by Crippen LogP contribution is 2.22. The lowest BCUT2D eigenvalue weighted by molar-refractivity contribution is 0.115. The Bertz CT molecular complexity index is 453. The minimum absolute atomic E-state index is 0.0830. The topological polar surface area (TPSA) is 43.3 Å². The van der Waals surface area contributed by atoms with E-state index in [1.54, 1.807) is 22.7 Å². The molecule has 0 fully saturated rings. The predicted molar refractivity (Wildman–Crippen MR) is 53.0 cm³/mol. The van der Waals surface area contributed by atoms with Crippen molar-refractivity contribution < 1.29 is 8.78 Å². The summed E-state index contributed by atoms with van der Waals surface area (Å²) in [6.45, 7) is -0.0830. The van der Waals surface area contributed by atoms with E-state index in [2.05, 4.69) is 4.98 Å². The number of alkyl halides is 2. The summed E-state index contributed by atoms with van der Waals surface area (Å²) < 4.78 is 27.0. The number of nitrogens with two attached hydrogens (primary N) is 1. The molecule has 5 heteroatoms. The fourth-order valence-corrected chi connectivity index (χ4v) is 1.58. The van der Waals surface area contributed by atoms with Crippen molar-refractivity contribution in [3.05, 3.63) is 36.3 Å². The molecule has 2 aromatic rings. The fourth-order valence-electron chi connectivity index (χ4n) is 1.58. The van der Waals surface area contributed by atoms with Crippen LogP contribution >= 0.6 is 0 Å². The van der Waals surface area contributed by atoms with Crippen LogP contribution in [-0.2, 0) is 0 Å². The molecule has 1 atom stereocenters. The van der Waals surface area contributed by atoms with Crippen LogP contribution in [0.15, 0.2) is 30.6 Å². The zero-order valence-electron chi connectivity index (χ0n) is 7.98. The Morgan fingerprint density at radius 3 is 2.87 bits per heavy atom. The molecule has 0 aliphatic heterocycles. The number of nitrogens with zero attached hydrogens (tertiary/aromatic N) is 2. The summed E-state index contributed by atoms with van der Waals surface area (Å²) in [5.74, 6) is -0.956. The van der Waals surface area contributed by atoms with E-state index in [4.69, 9.17) is 5.73 Å². The molecule has 0 spiro atoms. The van der Waals surface area contributed by atoms with Gasteiger partial charge < -0.3 is 10.1 Å². The second kappa shape index (κ2) is 3.94. The summed E-state index contributed by atoms with van der Waals surface area (Å²) >= 11 is 0. The van der Waals surface area contributed by atoms with E-state index in [0.717, 1.165) is 0 Å². The number of rotatable bonds is 3. The Hall–Kier alpha value is -1.49. The Kier molecular flexibility index (Phi) is 2.64. The molecule has 0 aliphatic rings. The zero-order valence-corrected chi connectivity index (χ0v) is 7.98. The molecule has 0 aromatic carbocycles. The molecule has 2 heterocycles. The Balaban J connectivity index is 2.51. The number of fused-ring (bicyclic) bond motifs is 1. The van der Waals surface area contributed by atoms with Gasteiger partial charge in [-0.15, -0.1) is 0 Å². The average molecular weight is 211 g/mol. The molecule has 0 radical (unpaired) electrons. The highest BCUT2D eigenvalue weighted by molar-refractivity contribution is 5.40. The molecule has 0 saturated carbocycles. The molecule has 0 saturated heterocycles. The number of hydrogen-bond acceptors (Lipinski definition) is 2. The first-order valence-electron chi connectivity index (χ1n) is 4.64. The van der Waals surface area contributed by atoms with Crippen LogP contribution in [0.25, 0.3) is 5.65 Å². The van der Waals surface area contributed by atoms with Crippen LogP contribution < -0.4 is 5.73 Å². The Morgan fingerprint density at radius 1 is 1.40 bits per heavy atom. The first-order chi connectivity index (χ1) is 7.24. The molecule has 0 amide bonds. The van der Waals surface area contributed by atoms with Gasteiger partial charge in [0.2, 0.25) is 6.43 Å². The van der Waals surface area contributed by atoms with Crippen molar-refractivity contribution in [3.63, 3.8) is 0 Å².